The van der Waals surface area contributed by atoms with E-state index < -0.39 is 0 Å². The molecule has 1 aromatic carbocycles. The zero-order valence-corrected chi connectivity index (χ0v) is 14.1. The number of anilines is 1. The maximum atomic E-state index is 12.0. The van der Waals surface area contributed by atoms with E-state index in [1.165, 1.54) is 0 Å². The Kier molecular flexibility index (Phi) is 10.3. The number of carbonyl (C=O) groups excluding carboxylic acids is 1. The second-order valence-corrected chi connectivity index (χ2v) is 4.54. The van der Waals surface area contributed by atoms with E-state index in [4.69, 9.17) is 0 Å². The molecule has 0 aliphatic rings. The van der Waals surface area contributed by atoms with E-state index in [2.05, 4.69) is 22.5 Å². The third-order valence-corrected chi connectivity index (χ3v) is 3.01. The highest BCUT2D eigenvalue weighted by molar-refractivity contribution is 5.91. The fourth-order valence-corrected chi connectivity index (χ4v) is 1.92. The molecule has 7 heteroatoms. The molecule has 0 saturated carbocycles. The molecule has 0 aliphatic carbocycles. The first-order chi connectivity index (χ1) is 9.79. The summed E-state index contributed by atoms with van der Waals surface area (Å²) in [6, 6.07) is 7.87. The number of aromatic nitrogens is 2. The van der Waals surface area contributed by atoms with Crippen LogP contribution in [0.5, 0.6) is 0 Å². The summed E-state index contributed by atoms with van der Waals surface area (Å²) in [5.41, 5.74) is 1.98. The van der Waals surface area contributed by atoms with Gasteiger partial charge in [-0.15, -0.1) is 24.8 Å². The van der Waals surface area contributed by atoms with E-state index >= 15 is 0 Å². The Morgan fingerprint density at radius 3 is 2.73 bits per heavy atom. The lowest BCUT2D eigenvalue weighted by Crippen LogP contribution is -2.18. The van der Waals surface area contributed by atoms with Crippen LogP contribution in [-0.4, -0.2) is 22.0 Å². The molecule has 22 heavy (non-hydrogen) atoms. The Bertz CT molecular complexity index is 546. The normalized spacial score (nSPS) is 9.50. The maximum Gasteiger partial charge on any atom is 0.226 e. The average Bonchev–Trinajstić information content (AvgIpc) is 2.97. The summed E-state index contributed by atoms with van der Waals surface area (Å²) in [6.07, 6.45) is 5.72. The Morgan fingerprint density at radius 2 is 2.05 bits per heavy atom. The van der Waals surface area contributed by atoms with Crippen molar-refractivity contribution in [3.8, 4) is 0 Å². The van der Waals surface area contributed by atoms with Gasteiger partial charge in [-0.25, -0.2) is 4.98 Å². The summed E-state index contributed by atoms with van der Waals surface area (Å²) in [4.78, 5) is 15.9. The van der Waals surface area contributed by atoms with Crippen molar-refractivity contribution in [1.29, 1.82) is 0 Å². The molecule has 0 aliphatic heterocycles. The predicted molar refractivity (Wildman–Crippen MR) is 93.8 cm³/mol. The van der Waals surface area contributed by atoms with Crippen molar-refractivity contribution < 1.29 is 4.79 Å². The van der Waals surface area contributed by atoms with Gasteiger partial charge in [-0.2, -0.15) is 0 Å². The van der Waals surface area contributed by atoms with Gasteiger partial charge in [-0.3, -0.25) is 4.79 Å². The van der Waals surface area contributed by atoms with Crippen molar-refractivity contribution in [3.05, 3.63) is 48.5 Å². The van der Waals surface area contributed by atoms with Gasteiger partial charge in [0.25, 0.3) is 0 Å². The van der Waals surface area contributed by atoms with Crippen LogP contribution in [0.2, 0.25) is 0 Å². The summed E-state index contributed by atoms with van der Waals surface area (Å²) in [5.74, 6) is 0.0163. The van der Waals surface area contributed by atoms with Crippen LogP contribution in [0.3, 0.4) is 0 Å². The molecule has 5 nitrogen and oxygen atoms in total. The van der Waals surface area contributed by atoms with E-state index in [0.29, 0.717) is 13.0 Å². The minimum absolute atomic E-state index is 0. The summed E-state index contributed by atoms with van der Waals surface area (Å²) in [5, 5.41) is 6.24. The van der Waals surface area contributed by atoms with Crippen molar-refractivity contribution in [2.45, 2.75) is 26.4 Å². The molecule has 0 atom stereocenters. The molecule has 2 rings (SSSR count). The molecule has 0 bridgehead atoms. The SMILES string of the molecule is CCNCc1ccccc1NC(=O)CCn1ccnc1.Cl.Cl. The first kappa shape index (κ1) is 20.4. The molecular weight excluding hydrogens is 323 g/mol. The second kappa shape index (κ2) is 11.1. The third kappa shape index (κ3) is 6.47. The highest BCUT2D eigenvalue weighted by atomic mass is 35.5. The minimum Gasteiger partial charge on any atom is -0.337 e. The van der Waals surface area contributed by atoms with Crippen molar-refractivity contribution >= 4 is 36.4 Å². The molecule has 0 radical (unpaired) electrons. The molecule has 0 fully saturated rings. The molecule has 1 aromatic heterocycles. The van der Waals surface area contributed by atoms with Gasteiger partial charge >= 0.3 is 0 Å². The van der Waals surface area contributed by atoms with Crippen LogP contribution in [0.4, 0.5) is 5.69 Å². The summed E-state index contributed by atoms with van der Waals surface area (Å²) in [6.45, 7) is 4.37. The van der Waals surface area contributed by atoms with Gasteiger partial charge in [0, 0.05) is 37.6 Å². The average molecular weight is 345 g/mol. The Morgan fingerprint density at radius 1 is 1.27 bits per heavy atom. The standard InChI is InChI=1S/C15H20N4O.2ClH/c1-2-16-11-13-5-3-4-6-14(13)18-15(20)7-9-19-10-8-17-12-19;;/h3-6,8,10,12,16H,2,7,9,11H2,1H3,(H,18,20);2*1H. The first-order valence-corrected chi connectivity index (χ1v) is 6.84. The number of para-hydroxylation sites is 1. The zero-order valence-electron chi connectivity index (χ0n) is 12.5. The second-order valence-electron chi connectivity index (χ2n) is 4.54. The number of nitrogens with one attached hydrogen (secondary N) is 2. The van der Waals surface area contributed by atoms with E-state index in [-0.39, 0.29) is 30.7 Å². The highest BCUT2D eigenvalue weighted by Gasteiger charge is 2.06. The number of carbonyl (C=O) groups is 1. The number of benzene rings is 1. The lowest BCUT2D eigenvalue weighted by Gasteiger charge is -2.11. The molecule has 1 heterocycles. The third-order valence-electron chi connectivity index (χ3n) is 3.01. The fourth-order valence-electron chi connectivity index (χ4n) is 1.92. The van der Waals surface area contributed by atoms with Gasteiger partial charge < -0.3 is 15.2 Å². The molecule has 0 saturated heterocycles. The van der Waals surface area contributed by atoms with Crippen LogP contribution in [0, 0.1) is 0 Å². The van der Waals surface area contributed by atoms with E-state index in [0.717, 1.165) is 24.3 Å². The number of rotatable bonds is 7. The molecule has 1 amide bonds. The van der Waals surface area contributed by atoms with E-state index in [9.17, 15) is 4.79 Å². The van der Waals surface area contributed by atoms with Gasteiger partial charge in [0.05, 0.1) is 6.33 Å². The van der Waals surface area contributed by atoms with Crippen LogP contribution in [-0.2, 0) is 17.9 Å². The van der Waals surface area contributed by atoms with Gasteiger partial charge in [0.2, 0.25) is 5.91 Å². The summed E-state index contributed by atoms with van der Waals surface area (Å²) >= 11 is 0. The van der Waals surface area contributed by atoms with Gasteiger partial charge in [-0.1, -0.05) is 25.1 Å². The fraction of sp³-hybridized carbons (Fsp3) is 0.333. The zero-order chi connectivity index (χ0) is 14.2. The molecule has 122 valence electrons. The smallest absolute Gasteiger partial charge is 0.226 e. The summed E-state index contributed by atoms with van der Waals surface area (Å²) in [7, 11) is 0. The largest absolute Gasteiger partial charge is 0.337 e. The monoisotopic (exact) mass is 344 g/mol. The van der Waals surface area contributed by atoms with Crippen LogP contribution in [0.25, 0.3) is 0 Å². The van der Waals surface area contributed by atoms with Crippen LogP contribution < -0.4 is 10.6 Å². The number of amides is 1. The van der Waals surface area contributed by atoms with Crippen molar-refractivity contribution in [2.24, 2.45) is 0 Å². The number of hydrogen-bond acceptors (Lipinski definition) is 3. The number of halogens is 2. The van der Waals surface area contributed by atoms with Gasteiger partial charge in [0.15, 0.2) is 0 Å². The van der Waals surface area contributed by atoms with Crippen LogP contribution in [0.1, 0.15) is 18.9 Å². The van der Waals surface area contributed by atoms with Gasteiger partial charge in [-0.05, 0) is 18.2 Å². The Labute approximate surface area is 143 Å². The van der Waals surface area contributed by atoms with Crippen molar-refractivity contribution in [1.82, 2.24) is 14.9 Å². The molecular formula is C15H22Cl2N4O. The van der Waals surface area contributed by atoms with Crippen LogP contribution >= 0.6 is 24.8 Å². The first-order valence-electron chi connectivity index (χ1n) is 6.84. The van der Waals surface area contributed by atoms with E-state index in [1.807, 2.05) is 35.0 Å². The molecule has 0 spiro atoms. The number of nitrogens with zero attached hydrogens (tertiary/aromatic N) is 2. The Balaban J connectivity index is 0.00000220. The Hall–Kier alpha value is -1.56. The predicted octanol–water partition coefficient (Wildman–Crippen LogP) is 2.87. The lowest BCUT2D eigenvalue weighted by molar-refractivity contribution is -0.116. The molecule has 0 unspecified atom stereocenters. The van der Waals surface area contributed by atoms with Gasteiger partial charge in [0.1, 0.15) is 0 Å². The summed E-state index contributed by atoms with van der Waals surface area (Å²) < 4.78 is 1.89. The lowest BCUT2D eigenvalue weighted by atomic mass is 10.1. The van der Waals surface area contributed by atoms with Crippen molar-refractivity contribution in [3.63, 3.8) is 0 Å². The van der Waals surface area contributed by atoms with Crippen molar-refractivity contribution in [2.75, 3.05) is 11.9 Å². The number of hydrogen-bond donors (Lipinski definition) is 2. The topological polar surface area (TPSA) is 58.9 Å². The molecule has 2 aromatic rings. The number of imidazole rings is 1. The number of aryl methyl sites for hydroxylation is 1. The maximum absolute atomic E-state index is 12.0. The molecule has 2 N–H and O–H groups in total. The highest BCUT2D eigenvalue weighted by Crippen LogP contribution is 2.15. The van der Waals surface area contributed by atoms with Crippen LogP contribution in [0.15, 0.2) is 43.0 Å². The minimum atomic E-state index is 0. The quantitative estimate of drug-likeness (QED) is 0.811. The van der Waals surface area contributed by atoms with E-state index in [1.54, 1.807) is 12.5 Å².